The summed E-state index contributed by atoms with van der Waals surface area (Å²) in [5.41, 5.74) is 1.20. The van der Waals surface area contributed by atoms with Gasteiger partial charge in [0.1, 0.15) is 11.5 Å². The lowest BCUT2D eigenvalue weighted by atomic mass is 10.1. The molecule has 0 saturated carbocycles. The second-order valence-corrected chi connectivity index (χ2v) is 4.45. The lowest BCUT2D eigenvalue weighted by molar-refractivity contribution is 0.414. The Morgan fingerprint density at radius 2 is 1.94 bits per heavy atom. The number of halogens is 1. The maximum atomic E-state index is 5.72. The molecule has 1 atom stereocenters. The minimum Gasteiger partial charge on any atom is -0.497 e. The van der Waals surface area contributed by atoms with Crippen LogP contribution in [0.3, 0.4) is 0 Å². The molecule has 3 nitrogen and oxygen atoms in total. The molecule has 0 spiro atoms. The van der Waals surface area contributed by atoms with Gasteiger partial charge in [-0.2, -0.15) is 0 Å². The summed E-state index contributed by atoms with van der Waals surface area (Å²) in [6, 6.07) is 11.9. The fraction of sp³-hybridized carbons (Fsp3) is 0.286. The van der Waals surface area contributed by atoms with Crippen molar-refractivity contribution in [2.24, 2.45) is 0 Å². The molecule has 96 valence electrons. The average Bonchev–Trinajstić information content (AvgIpc) is 2.82. The first kappa shape index (κ1) is 13.0. The minimum absolute atomic E-state index is 0.236. The van der Waals surface area contributed by atoms with Gasteiger partial charge in [-0.25, -0.2) is 0 Å². The molecule has 18 heavy (non-hydrogen) atoms. The van der Waals surface area contributed by atoms with Crippen molar-refractivity contribution in [1.82, 2.24) is 5.32 Å². The maximum Gasteiger partial charge on any atom is 0.193 e. The zero-order valence-corrected chi connectivity index (χ0v) is 11.2. The lowest BCUT2D eigenvalue weighted by Crippen LogP contribution is -2.17. The molecular formula is C14H16ClNO2. The van der Waals surface area contributed by atoms with Crippen molar-refractivity contribution in [3.63, 3.8) is 0 Å². The third kappa shape index (κ3) is 3.28. The number of hydrogen-bond donors (Lipinski definition) is 1. The van der Waals surface area contributed by atoms with Gasteiger partial charge in [-0.1, -0.05) is 12.1 Å². The van der Waals surface area contributed by atoms with Crippen molar-refractivity contribution in [2.45, 2.75) is 19.5 Å². The van der Waals surface area contributed by atoms with E-state index in [0.717, 1.165) is 11.5 Å². The largest absolute Gasteiger partial charge is 0.497 e. The quantitative estimate of drug-likeness (QED) is 0.893. The van der Waals surface area contributed by atoms with Crippen molar-refractivity contribution in [1.29, 1.82) is 0 Å². The number of methoxy groups -OCH3 is 1. The number of benzene rings is 1. The summed E-state index contributed by atoms with van der Waals surface area (Å²) in [7, 11) is 1.66. The Balaban J connectivity index is 1.92. The van der Waals surface area contributed by atoms with Gasteiger partial charge in [-0.05, 0) is 48.4 Å². The molecule has 0 aliphatic carbocycles. The molecule has 0 unspecified atom stereocenters. The Bertz CT molecular complexity index is 493. The summed E-state index contributed by atoms with van der Waals surface area (Å²) < 4.78 is 10.4. The van der Waals surface area contributed by atoms with Crippen molar-refractivity contribution in [2.75, 3.05) is 7.11 Å². The first-order valence-electron chi connectivity index (χ1n) is 5.80. The molecule has 2 aromatic rings. The molecule has 1 heterocycles. The average molecular weight is 266 g/mol. The highest BCUT2D eigenvalue weighted by Crippen LogP contribution is 2.18. The number of rotatable bonds is 5. The van der Waals surface area contributed by atoms with Crippen molar-refractivity contribution >= 4 is 11.6 Å². The fourth-order valence-corrected chi connectivity index (χ4v) is 1.87. The summed E-state index contributed by atoms with van der Waals surface area (Å²) in [6.45, 7) is 2.76. The van der Waals surface area contributed by atoms with Crippen LogP contribution in [0.25, 0.3) is 0 Å². The molecule has 2 rings (SSSR count). The van der Waals surface area contributed by atoms with Gasteiger partial charge in [0, 0.05) is 6.04 Å². The predicted octanol–water partition coefficient (Wildman–Crippen LogP) is 3.79. The highest BCUT2D eigenvalue weighted by Gasteiger charge is 2.06. The topological polar surface area (TPSA) is 34.4 Å². The van der Waals surface area contributed by atoms with Crippen LogP contribution in [0.5, 0.6) is 5.75 Å². The molecule has 0 radical (unpaired) electrons. The molecule has 0 aliphatic rings. The van der Waals surface area contributed by atoms with Gasteiger partial charge < -0.3 is 14.5 Å². The van der Waals surface area contributed by atoms with E-state index in [1.54, 1.807) is 13.2 Å². The monoisotopic (exact) mass is 265 g/mol. The van der Waals surface area contributed by atoms with E-state index in [0.29, 0.717) is 11.8 Å². The van der Waals surface area contributed by atoms with Crippen LogP contribution in [0.15, 0.2) is 40.8 Å². The van der Waals surface area contributed by atoms with E-state index in [1.165, 1.54) is 5.56 Å². The van der Waals surface area contributed by atoms with E-state index >= 15 is 0 Å². The lowest BCUT2D eigenvalue weighted by Gasteiger charge is -2.13. The smallest absolute Gasteiger partial charge is 0.193 e. The Kier molecular flexibility index (Phi) is 4.28. The molecule has 1 N–H and O–H groups in total. The molecular weight excluding hydrogens is 250 g/mol. The van der Waals surface area contributed by atoms with E-state index in [-0.39, 0.29) is 6.04 Å². The van der Waals surface area contributed by atoms with E-state index in [2.05, 4.69) is 12.2 Å². The summed E-state index contributed by atoms with van der Waals surface area (Å²) in [6.07, 6.45) is 0. The van der Waals surface area contributed by atoms with Crippen LogP contribution < -0.4 is 10.1 Å². The van der Waals surface area contributed by atoms with Crippen LogP contribution >= 0.6 is 11.6 Å². The second kappa shape index (κ2) is 5.94. The van der Waals surface area contributed by atoms with E-state index in [9.17, 15) is 0 Å². The number of furan rings is 1. The van der Waals surface area contributed by atoms with Gasteiger partial charge in [0.2, 0.25) is 0 Å². The van der Waals surface area contributed by atoms with Crippen LogP contribution in [0, 0.1) is 0 Å². The number of ether oxygens (including phenoxy) is 1. The molecule has 4 heteroatoms. The highest BCUT2D eigenvalue weighted by atomic mass is 35.5. The van der Waals surface area contributed by atoms with Crippen LogP contribution in [0.2, 0.25) is 5.22 Å². The fourth-order valence-electron chi connectivity index (χ4n) is 1.71. The third-order valence-corrected chi connectivity index (χ3v) is 3.03. The maximum absolute atomic E-state index is 5.72. The molecule has 0 saturated heterocycles. The Hall–Kier alpha value is -1.45. The van der Waals surface area contributed by atoms with Gasteiger partial charge in [-0.3, -0.25) is 0 Å². The SMILES string of the molecule is COc1ccc([C@H](C)NCc2ccc(Cl)o2)cc1. The predicted molar refractivity (Wildman–Crippen MR) is 72.0 cm³/mol. The van der Waals surface area contributed by atoms with Gasteiger partial charge >= 0.3 is 0 Å². The van der Waals surface area contributed by atoms with Gasteiger partial charge in [0.25, 0.3) is 0 Å². The normalized spacial score (nSPS) is 12.4. The summed E-state index contributed by atoms with van der Waals surface area (Å²) in [5.74, 6) is 1.70. The first-order valence-corrected chi connectivity index (χ1v) is 6.18. The summed E-state index contributed by atoms with van der Waals surface area (Å²) in [5, 5.41) is 3.79. The molecule has 0 amide bonds. The van der Waals surface area contributed by atoms with Crippen LogP contribution in [-0.2, 0) is 6.54 Å². The molecule has 1 aromatic carbocycles. The van der Waals surface area contributed by atoms with Crippen molar-refractivity contribution < 1.29 is 9.15 Å². The third-order valence-electron chi connectivity index (χ3n) is 2.83. The number of nitrogens with one attached hydrogen (secondary N) is 1. The Morgan fingerprint density at radius 1 is 1.22 bits per heavy atom. The van der Waals surface area contributed by atoms with Crippen molar-refractivity contribution in [3.05, 3.63) is 52.9 Å². The van der Waals surface area contributed by atoms with Gasteiger partial charge in [0.05, 0.1) is 13.7 Å². The van der Waals surface area contributed by atoms with Crippen LogP contribution in [0.1, 0.15) is 24.3 Å². The van der Waals surface area contributed by atoms with Gasteiger partial charge in [-0.15, -0.1) is 0 Å². The van der Waals surface area contributed by atoms with Crippen LogP contribution in [-0.4, -0.2) is 7.11 Å². The second-order valence-electron chi connectivity index (χ2n) is 4.08. The molecule has 1 aromatic heterocycles. The molecule has 0 aliphatic heterocycles. The number of hydrogen-bond acceptors (Lipinski definition) is 3. The first-order chi connectivity index (χ1) is 8.69. The molecule has 0 bridgehead atoms. The van der Waals surface area contributed by atoms with E-state index in [4.69, 9.17) is 20.8 Å². The van der Waals surface area contributed by atoms with E-state index < -0.39 is 0 Å². The minimum atomic E-state index is 0.236. The van der Waals surface area contributed by atoms with Gasteiger partial charge in [0.15, 0.2) is 5.22 Å². The van der Waals surface area contributed by atoms with E-state index in [1.807, 2.05) is 30.3 Å². The van der Waals surface area contributed by atoms with Crippen LogP contribution in [0.4, 0.5) is 0 Å². The Morgan fingerprint density at radius 3 is 2.50 bits per heavy atom. The zero-order valence-electron chi connectivity index (χ0n) is 10.4. The van der Waals surface area contributed by atoms with Crippen molar-refractivity contribution in [3.8, 4) is 5.75 Å². The summed E-state index contributed by atoms with van der Waals surface area (Å²) in [4.78, 5) is 0. The standard InChI is InChI=1S/C14H16ClNO2/c1-10(11-3-5-12(17-2)6-4-11)16-9-13-7-8-14(15)18-13/h3-8,10,16H,9H2,1-2H3/t10-/m0/s1. The zero-order chi connectivity index (χ0) is 13.0. The summed E-state index contributed by atoms with van der Waals surface area (Å²) >= 11 is 5.72. The Labute approximate surface area is 112 Å². The molecule has 0 fully saturated rings. The highest BCUT2D eigenvalue weighted by molar-refractivity contribution is 6.28.